The Morgan fingerprint density at radius 2 is 2.13 bits per heavy atom. The first kappa shape index (κ1) is 16.2. The zero-order valence-electron chi connectivity index (χ0n) is 13.4. The fourth-order valence-corrected chi connectivity index (χ4v) is 3.51. The van der Waals surface area contributed by atoms with E-state index in [0.29, 0.717) is 29.8 Å². The first-order chi connectivity index (χ1) is 11.0. The van der Waals surface area contributed by atoms with Crippen LogP contribution >= 0.6 is 0 Å². The number of sulfonamides is 1. The van der Waals surface area contributed by atoms with E-state index in [2.05, 4.69) is 10.2 Å². The summed E-state index contributed by atoms with van der Waals surface area (Å²) in [5.41, 5.74) is 0.491. The molecule has 1 saturated carbocycles. The van der Waals surface area contributed by atoms with Crippen LogP contribution in [-0.4, -0.2) is 36.5 Å². The number of unbranched alkanes of at least 4 members (excludes halogenated alkanes) is 1. The first-order valence-electron chi connectivity index (χ1n) is 7.91. The van der Waals surface area contributed by atoms with Crippen molar-refractivity contribution in [2.75, 3.05) is 13.6 Å². The van der Waals surface area contributed by atoms with Crippen molar-refractivity contribution in [3.05, 3.63) is 18.2 Å². The molecule has 0 bridgehead atoms. The van der Waals surface area contributed by atoms with Gasteiger partial charge < -0.3 is 8.83 Å². The lowest BCUT2D eigenvalue weighted by molar-refractivity contribution is 0.338. The summed E-state index contributed by atoms with van der Waals surface area (Å²) in [6.45, 7) is 2.47. The fourth-order valence-electron chi connectivity index (χ4n) is 2.39. The molecular formula is C15H21N3O4S. The Hall–Kier alpha value is -1.67. The Labute approximate surface area is 135 Å². The molecule has 126 valence electrons. The van der Waals surface area contributed by atoms with Crippen molar-refractivity contribution < 1.29 is 17.3 Å². The summed E-state index contributed by atoms with van der Waals surface area (Å²) in [4.78, 5) is 0. The largest absolute Gasteiger partial charge is 0.451 e. The van der Waals surface area contributed by atoms with Gasteiger partial charge in [0, 0.05) is 25.6 Å². The van der Waals surface area contributed by atoms with Crippen molar-refractivity contribution >= 4 is 10.0 Å². The number of nitrogens with zero attached hydrogens (tertiary/aromatic N) is 3. The van der Waals surface area contributed by atoms with E-state index in [1.54, 1.807) is 7.05 Å². The lowest BCUT2D eigenvalue weighted by Gasteiger charge is -2.20. The standard InChI is InChI=1S/C15H21N3O4S/c1-3-4-8-18(2)23(19,20)13-9-12(10-21-13)15-17-16-14(22-15)11-6-5-7-11/h9-11H,3-8H2,1-2H3. The van der Waals surface area contributed by atoms with Gasteiger partial charge in [0.25, 0.3) is 15.9 Å². The number of hydrogen-bond donors (Lipinski definition) is 0. The van der Waals surface area contributed by atoms with Crippen LogP contribution in [0.25, 0.3) is 11.5 Å². The van der Waals surface area contributed by atoms with Gasteiger partial charge in [-0.2, -0.15) is 4.31 Å². The highest BCUT2D eigenvalue weighted by Crippen LogP contribution is 2.36. The molecule has 0 unspecified atom stereocenters. The zero-order chi connectivity index (χ0) is 16.4. The maximum atomic E-state index is 12.4. The summed E-state index contributed by atoms with van der Waals surface area (Å²) in [7, 11) is -2.07. The van der Waals surface area contributed by atoms with Crippen molar-refractivity contribution in [2.45, 2.75) is 50.0 Å². The number of aromatic nitrogens is 2. The molecule has 2 aromatic rings. The van der Waals surface area contributed by atoms with Crippen LogP contribution in [0.1, 0.15) is 50.8 Å². The van der Waals surface area contributed by atoms with E-state index in [1.165, 1.54) is 23.1 Å². The van der Waals surface area contributed by atoms with E-state index < -0.39 is 10.0 Å². The molecule has 0 amide bonds. The van der Waals surface area contributed by atoms with Gasteiger partial charge in [-0.15, -0.1) is 10.2 Å². The Morgan fingerprint density at radius 1 is 1.35 bits per heavy atom. The molecule has 0 radical (unpaired) electrons. The molecule has 1 aliphatic rings. The van der Waals surface area contributed by atoms with Crippen LogP contribution in [0.4, 0.5) is 0 Å². The third-order valence-corrected chi connectivity index (χ3v) is 5.93. The predicted molar refractivity (Wildman–Crippen MR) is 83.3 cm³/mol. The number of furan rings is 1. The summed E-state index contributed by atoms with van der Waals surface area (Å²) >= 11 is 0. The van der Waals surface area contributed by atoms with Gasteiger partial charge in [-0.1, -0.05) is 19.8 Å². The van der Waals surface area contributed by atoms with Crippen LogP contribution < -0.4 is 0 Å². The van der Waals surface area contributed by atoms with Gasteiger partial charge in [0.2, 0.25) is 11.0 Å². The third-order valence-electron chi connectivity index (χ3n) is 4.21. The smallest absolute Gasteiger partial charge is 0.276 e. The minimum Gasteiger partial charge on any atom is -0.451 e. The van der Waals surface area contributed by atoms with Crippen molar-refractivity contribution in [3.63, 3.8) is 0 Å². The Kier molecular flexibility index (Phi) is 4.54. The van der Waals surface area contributed by atoms with Gasteiger partial charge in [-0.05, 0) is 19.3 Å². The quantitative estimate of drug-likeness (QED) is 0.770. The second-order valence-corrected chi connectivity index (χ2v) is 7.88. The molecule has 8 heteroatoms. The van der Waals surface area contributed by atoms with Crippen molar-refractivity contribution in [1.29, 1.82) is 0 Å². The average Bonchev–Trinajstić information content (AvgIpc) is 3.11. The first-order valence-corrected chi connectivity index (χ1v) is 9.35. The van der Waals surface area contributed by atoms with E-state index in [4.69, 9.17) is 8.83 Å². The van der Waals surface area contributed by atoms with Crippen molar-refractivity contribution in [3.8, 4) is 11.5 Å². The summed E-state index contributed by atoms with van der Waals surface area (Å²) in [6, 6.07) is 1.44. The minimum atomic E-state index is -3.62. The third kappa shape index (κ3) is 3.18. The van der Waals surface area contributed by atoms with Gasteiger partial charge in [0.15, 0.2) is 0 Å². The van der Waals surface area contributed by atoms with Gasteiger partial charge >= 0.3 is 0 Å². The van der Waals surface area contributed by atoms with Crippen LogP contribution in [0, 0.1) is 0 Å². The highest BCUT2D eigenvalue weighted by molar-refractivity contribution is 7.89. The molecule has 2 aromatic heterocycles. The predicted octanol–water partition coefficient (Wildman–Crippen LogP) is 3.02. The van der Waals surface area contributed by atoms with Gasteiger partial charge in [0.05, 0.1) is 5.56 Å². The van der Waals surface area contributed by atoms with E-state index in [1.807, 2.05) is 6.92 Å². The van der Waals surface area contributed by atoms with E-state index >= 15 is 0 Å². The van der Waals surface area contributed by atoms with Crippen molar-refractivity contribution in [1.82, 2.24) is 14.5 Å². The monoisotopic (exact) mass is 339 g/mol. The maximum absolute atomic E-state index is 12.4. The molecule has 0 spiro atoms. The SMILES string of the molecule is CCCCN(C)S(=O)(=O)c1cc(-c2nnc(C3CCC3)o2)co1. The molecule has 7 nitrogen and oxygen atoms in total. The molecule has 0 saturated heterocycles. The van der Waals surface area contributed by atoms with E-state index in [9.17, 15) is 8.42 Å². The second-order valence-electron chi connectivity index (χ2n) is 5.91. The number of hydrogen-bond acceptors (Lipinski definition) is 6. The van der Waals surface area contributed by atoms with Gasteiger partial charge in [-0.3, -0.25) is 0 Å². The van der Waals surface area contributed by atoms with Crippen LogP contribution in [0.3, 0.4) is 0 Å². The van der Waals surface area contributed by atoms with Crippen LogP contribution in [0.2, 0.25) is 0 Å². The molecule has 0 atom stereocenters. The molecule has 1 aliphatic carbocycles. The Bertz CT molecular complexity index is 761. The molecule has 0 N–H and O–H groups in total. The minimum absolute atomic E-state index is 0.102. The second kappa shape index (κ2) is 6.45. The zero-order valence-corrected chi connectivity index (χ0v) is 14.2. The molecule has 3 rings (SSSR count). The molecule has 0 aromatic carbocycles. The lowest BCUT2D eigenvalue weighted by atomic mass is 9.85. The maximum Gasteiger partial charge on any atom is 0.276 e. The Morgan fingerprint density at radius 3 is 2.78 bits per heavy atom. The molecule has 1 fully saturated rings. The highest BCUT2D eigenvalue weighted by atomic mass is 32.2. The number of rotatable bonds is 7. The summed E-state index contributed by atoms with van der Waals surface area (Å²) in [5.74, 6) is 1.26. The summed E-state index contributed by atoms with van der Waals surface area (Å²) in [6.07, 6.45) is 6.38. The lowest BCUT2D eigenvalue weighted by Crippen LogP contribution is -2.27. The fraction of sp³-hybridized carbons (Fsp3) is 0.600. The van der Waals surface area contributed by atoms with Gasteiger partial charge in [0.1, 0.15) is 6.26 Å². The van der Waals surface area contributed by atoms with E-state index in [0.717, 1.165) is 25.7 Å². The average molecular weight is 339 g/mol. The summed E-state index contributed by atoms with van der Waals surface area (Å²) < 4.78 is 37.0. The van der Waals surface area contributed by atoms with Crippen LogP contribution in [0.5, 0.6) is 0 Å². The van der Waals surface area contributed by atoms with Crippen molar-refractivity contribution in [2.24, 2.45) is 0 Å². The topological polar surface area (TPSA) is 89.4 Å². The normalized spacial score (nSPS) is 16.0. The van der Waals surface area contributed by atoms with E-state index in [-0.39, 0.29) is 5.09 Å². The van der Waals surface area contributed by atoms with Crippen LogP contribution in [-0.2, 0) is 10.0 Å². The molecular weight excluding hydrogens is 318 g/mol. The molecule has 2 heterocycles. The Balaban J connectivity index is 1.78. The summed E-state index contributed by atoms with van der Waals surface area (Å²) in [5, 5.41) is 7.94. The molecule has 0 aliphatic heterocycles. The molecule has 23 heavy (non-hydrogen) atoms. The van der Waals surface area contributed by atoms with Gasteiger partial charge in [-0.25, -0.2) is 8.42 Å². The highest BCUT2D eigenvalue weighted by Gasteiger charge is 2.28. The van der Waals surface area contributed by atoms with Crippen LogP contribution in [0.15, 0.2) is 26.3 Å².